The lowest BCUT2D eigenvalue weighted by molar-refractivity contribution is -0.122. The first-order valence-electron chi connectivity index (χ1n) is 7.81. The summed E-state index contributed by atoms with van der Waals surface area (Å²) in [6.07, 6.45) is 12.6. The van der Waals surface area contributed by atoms with Crippen molar-refractivity contribution in [1.82, 2.24) is 15.2 Å². The zero-order valence-corrected chi connectivity index (χ0v) is 12.3. The molecule has 0 aromatic carbocycles. The number of nitrogens with one attached hydrogen (secondary N) is 1. The van der Waals surface area contributed by atoms with E-state index in [0.29, 0.717) is 5.92 Å². The van der Waals surface area contributed by atoms with E-state index >= 15 is 0 Å². The minimum atomic E-state index is 0.123. The summed E-state index contributed by atoms with van der Waals surface area (Å²) in [6, 6.07) is 0.186. The van der Waals surface area contributed by atoms with Crippen molar-refractivity contribution in [3.05, 3.63) is 18.0 Å². The van der Waals surface area contributed by atoms with E-state index in [-0.39, 0.29) is 11.6 Å². The number of aryl methyl sites for hydroxylation is 1. The standard InChI is InChI=1S/C15H26N4O/c1-19-11-13(10-17-19)14(18-16)12-5-8-20-15(9-12)6-3-2-4-7-15/h10-12,14,18H,2-9,16H2,1H3. The summed E-state index contributed by atoms with van der Waals surface area (Å²) in [5.74, 6) is 6.37. The molecule has 2 unspecified atom stereocenters. The van der Waals surface area contributed by atoms with Gasteiger partial charge in [0.15, 0.2) is 0 Å². The lowest BCUT2D eigenvalue weighted by Crippen LogP contribution is -2.45. The molecule has 2 aliphatic rings. The van der Waals surface area contributed by atoms with Crippen molar-refractivity contribution >= 4 is 0 Å². The van der Waals surface area contributed by atoms with E-state index in [2.05, 4.69) is 16.7 Å². The highest BCUT2D eigenvalue weighted by molar-refractivity contribution is 5.12. The molecule has 112 valence electrons. The zero-order chi connectivity index (χ0) is 14.0. The quantitative estimate of drug-likeness (QED) is 0.656. The van der Waals surface area contributed by atoms with Crippen LogP contribution in [-0.2, 0) is 11.8 Å². The van der Waals surface area contributed by atoms with Gasteiger partial charge in [-0.1, -0.05) is 19.3 Å². The van der Waals surface area contributed by atoms with Gasteiger partial charge in [-0.05, 0) is 31.6 Å². The third kappa shape index (κ3) is 2.75. The largest absolute Gasteiger partial charge is 0.375 e. The third-order valence-electron chi connectivity index (χ3n) is 5.03. The Bertz CT molecular complexity index is 433. The predicted octanol–water partition coefficient (Wildman–Crippen LogP) is 2.05. The van der Waals surface area contributed by atoms with Gasteiger partial charge < -0.3 is 4.74 Å². The number of aromatic nitrogens is 2. The van der Waals surface area contributed by atoms with Crippen LogP contribution >= 0.6 is 0 Å². The second kappa shape index (κ2) is 5.84. The molecule has 5 heteroatoms. The molecule has 1 aromatic rings. The molecule has 1 aliphatic heterocycles. The number of rotatable bonds is 3. The van der Waals surface area contributed by atoms with Crippen molar-refractivity contribution in [2.75, 3.05) is 6.61 Å². The average molecular weight is 278 g/mol. The molecule has 0 amide bonds. The smallest absolute Gasteiger partial charge is 0.0686 e. The number of hydrogen-bond acceptors (Lipinski definition) is 4. The van der Waals surface area contributed by atoms with Gasteiger partial charge in [0, 0.05) is 25.4 Å². The molecule has 0 radical (unpaired) electrons. The molecular weight excluding hydrogens is 252 g/mol. The van der Waals surface area contributed by atoms with Gasteiger partial charge in [-0.25, -0.2) is 0 Å². The number of hydrogen-bond donors (Lipinski definition) is 2. The predicted molar refractivity (Wildman–Crippen MR) is 77.8 cm³/mol. The van der Waals surface area contributed by atoms with Crippen molar-refractivity contribution in [3.8, 4) is 0 Å². The van der Waals surface area contributed by atoms with Crippen molar-refractivity contribution in [2.45, 2.75) is 56.6 Å². The maximum Gasteiger partial charge on any atom is 0.0686 e. The van der Waals surface area contributed by atoms with Gasteiger partial charge in [0.1, 0.15) is 0 Å². The average Bonchev–Trinajstić information content (AvgIpc) is 2.87. The monoisotopic (exact) mass is 278 g/mol. The van der Waals surface area contributed by atoms with E-state index in [0.717, 1.165) is 19.4 Å². The van der Waals surface area contributed by atoms with Crippen molar-refractivity contribution < 1.29 is 4.74 Å². The normalized spacial score (nSPS) is 27.6. The highest BCUT2D eigenvalue weighted by Crippen LogP contribution is 2.43. The Morgan fingerprint density at radius 3 is 2.90 bits per heavy atom. The van der Waals surface area contributed by atoms with Crippen LogP contribution in [0.2, 0.25) is 0 Å². The van der Waals surface area contributed by atoms with Gasteiger partial charge in [-0.2, -0.15) is 5.10 Å². The summed E-state index contributed by atoms with van der Waals surface area (Å²) in [6.45, 7) is 0.864. The molecular formula is C15H26N4O. The van der Waals surface area contributed by atoms with Gasteiger partial charge in [-0.15, -0.1) is 0 Å². The molecule has 1 spiro atoms. The van der Waals surface area contributed by atoms with Gasteiger partial charge in [-0.3, -0.25) is 16.0 Å². The maximum atomic E-state index is 6.18. The van der Waals surface area contributed by atoms with Crippen LogP contribution in [0.15, 0.2) is 12.4 Å². The lowest BCUT2D eigenvalue weighted by Gasteiger charge is -2.45. The number of nitrogens with two attached hydrogens (primary N) is 1. The summed E-state index contributed by atoms with van der Waals surface area (Å²) in [7, 11) is 1.95. The number of ether oxygens (including phenoxy) is 1. The first-order chi connectivity index (χ1) is 9.72. The fraction of sp³-hybridized carbons (Fsp3) is 0.800. The molecule has 1 saturated heterocycles. The highest BCUT2D eigenvalue weighted by atomic mass is 16.5. The van der Waals surface area contributed by atoms with Gasteiger partial charge in [0.05, 0.1) is 17.8 Å². The molecule has 1 aliphatic carbocycles. The Labute approximate surface area is 120 Å². The Morgan fingerprint density at radius 2 is 2.25 bits per heavy atom. The lowest BCUT2D eigenvalue weighted by atomic mass is 9.73. The van der Waals surface area contributed by atoms with E-state index in [1.54, 1.807) is 0 Å². The first-order valence-corrected chi connectivity index (χ1v) is 7.81. The summed E-state index contributed by atoms with van der Waals surface area (Å²) >= 11 is 0. The van der Waals surface area contributed by atoms with Gasteiger partial charge >= 0.3 is 0 Å². The molecule has 5 nitrogen and oxygen atoms in total. The summed E-state index contributed by atoms with van der Waals surface area (Å²) in [5.41, 5.74) is 4.33. The molecule has 2 heterocycles. The van der Waals surface area contributed by atoms with E-state index < -0.39 is 0 Å². The van der Waals surface area contributed by atoms with Crippen LogP contribution in [0.3, 0.4) is 0 Å². The van der Waals surface area contributed by atoms with Crippen molar-refractivity contribution in [3.63, 3.8) is 0 Å². The van der Waals surface area contributed by atoms with E-state index in [1.807, 2.05) is 17.9 Å². The molecule has 1 aromatic heterocycles. The summed E-state index contributed by atoms with van der Waals surface area (Å²) in [4.78, 5) is 0. The van der Waals surface area contributed by atoms with Gasteiger partial charge in [0.2, 0.25) is 0 Å². The fourth-order valence-electron chi connectivity index (χ4n) is 4.00. The van der Waals surface area contributed by atoms with E-state index in [4.69, 9.17) is 10.6 Å². The van der Waals surface area contributed by atoms with Crippen LogP contribution in [0.25, 0.3) is 0 Å². The molecule has 2 fully saturated rings. The minimum Gasteiger partial charge on any atom is -0.375 e. The van der Waals surface area contributed by atoms with Crippen molar-refractivity contribution in [1.29, 1.82) is 0 Å². The Balaban J connectivity index is 1.74. The number of nitrogens with zero attached hydrogens (tertiary/aromatic N) is 2. The number of hydrazine groups is 1. The molecule has 2 atom stereocenters. The zero-order valence-electron chi connectivity index (χ0n) is 12.3. The van der Waals surface area contributed by atoms with E-state index in [9.17, 15) is 0 Å². The second-order valence-electron chi connectivity index (χ2n) is 6.44. The van der Waals surface area contributed by atoms with Crippen LogP contribution in [0, 0.1) is 5.92 Å². The fourth-order valence-corrected chi connectivity index (χ4v) is 4.00. The van der Waals surface area contributed by atoms with E-state index in [1.165, 1.54) is 37.7 Å². The molecule has 3 rings (SSSR count). The molecule has 0 bridgehead atoms. The topological polar surface area (TPSA) is 65.1 Å². The summed E-state index contributed by atoms with van der Waals surface area (Å²) < 4.78 is 8.03. The van der Waals surface area contributed by atoms with Crippen LogP contribution in [-0.4, -0.2) is 22.0 Å². The molecule has 1 saturated carbocycles. The first kappa shape index (κ1) is 14.0. The SMILES string of the molecule is Cn1cc(C(NN)C2CCOC3(CCCCC3)C2)cn1. The molecule has 3 N–H and O–H groups in total. The van der Waals surface area contributed by atoms with Crippen LogP contribution in [0.4, 0.5) is 0 Å². The Morgan fingerprint density at radius 1 is 1.45 bits per heavy atom. The Hall–Kier alpha value is -0.910. The second-order valence-corrected chi connectivity index (χ2v) is 6.44. The van der Waals surface area contributed by atoms with Crippen molar-refractivity contribution in [2.24, 2.45) is 18.8 Å². The minimum absolute atomic E-state index is 0.123. The summed E-state index contributed by atoms with van der Waals surface area (Å²) in [5, 5.41) is 4.27. The molecule has 20 heavy (non-hydrogen) atoms. The van der Waals surface area contributed by atoms with Gasteiger partial charge in [0.25, 0.3) is 0 Å². The van der Waals surface area contributed by atoms with Crippen LogP contribution in [0.1, 0.15) is 56.6 Å². The van der Waals surface area contributed by atoms with Crippen LogP contribution in [0.5, 0.6) is 0 Å². The Kier molecular flexibility index (Phi) is 4.10. The van der Waals surface area contributed by atoms with Crippen LogP contribution < -0.4 is 11.3 Å². The third-order valence-corrected chi connectivity index (χ3v) is 5.03. The maximum absolute atomic E-state index is 6.18. The highest BCUT2D eigenvalue weighted by Gasteiger charge is 2.41.